The van der Waals surface area contributed by atoms with Crippen LogP contribution in [0.2, 0.25) is 0 Å². The molecule has 0 unspecified atom stereocenters. The highest BCUT2D eigenvalue weighted by molar-refractivity contribution is 5.83. The molecule has 0 aliphatic carbocycles. The fourth-order valence-electron chi connectivity index (χ4n) is 2.38. The normalized spacial score (nSPS) is 12.9. The summed E-state index contributed by atoms with van der Waals surface area (Å²) in [4.78, 5) is 13.4. The molecule has 0 spiro atoms. The first-order valence-electron chi connectivity index (χ1n) is 6.91. The van der Waals surface area contributed by atoms with Gasteiger partial charge in [-0.3, -0.25) is 5.32 Å². The quantitative estimate of drug-likeness (QED) is 0.938. The van der Waals surface area contributed by atoms with Gasteiger partial charge in [0, 0.05) is 12.2 Å². The average molecular weight is 284 g/mol. The van der Waals surface area contributed by atoms with E-state index in [1.165, 1.54) is 5.56 Å². The van der Waals surface area contributed by atoms with E-state index in [-0.39, 0.29) is 0 Å². The molecule has 0 saturated carbocycles. The molecule has 1 N–H and O–H groups in total. The molecule has 108 valence electrons. The van der Waals surface area contributed by atoms with Gasteiger partial charge in [-0.15, -0.1) is 10.2 Å². The van der Waals surface area contributed by atoms with Gasteiger partial charge in [0.05, 0.1) is 6.61 Å². The number of para-hydroxylation sites is 1. The zero-order chi connectivity index (χ0) is 14.7. The number of fused-ring (bicyclic) bond motifs is 1. The van der Waals surface area contributed by atoms with Crippen molar-refractivity contribution in [1.82, 2.24) is 10.2 Å². The number of aromatic nitrogens is 2. The van der Waals surface area contributed by atoms with Crippen LogP contribution < -0.4 is 10.2 Å². The molecule has 0 fully saturated rings. The largest absolute Gasteiger partial charge is 0.450 e. The van der Waals surface area contributed by atoms with Gasteiger partial charge in [-0.1, -0.05) is 18.2 Å². The number of rotatable bonds is 3. The number of amides is 1. The number of benzene rings is 1. The minimum atomic E-state index is -0.522. The first-order valence-corrected chi connectivity index (χ1v) is 6.91. The maximum atomic E-state index is 11.3. The Labute approximate surface area is 122 Å². The van der Waals surface area contributed by atoms with Crippen molar-refractivity contribution in [1.29, 1.82) is 0 Å². The minimum Gasteiger partial charge on any atom is -0.450 e. The van der Waals surface area contributed by atoms with Crippen molar-refractivity contribution in [3.05, 3.63) is 42.0 Å². The third kappa shape index (κ3) is 2.79. The molecular weight excluding hydrogens is 268 g/mol. The lowest BCUT2D eigenvalue weighted by molar-refractivity contribution is 0.168. The SMILES string of the molecule is CCOC(=O)Nc1ccc(N2CCc3ccccc32)nn1. The average Bonchev–Trinajstić information content (AvgIpc) is 2.92. The van der Waals surface area contributed by atoms with Gasteiger partial charge in [0.25, 0.3) is 0 Å². The summed E-state index contributed by atoms with van der Waals surface area (Å²) in [5.74, 6) is 1.15. The molecule has 1 aromatic heterocycles. The highest BCUT2D eigenvalue weighted by atomic mass is 16.5. The Morgan fingerprint density at radius 3 is 2.90 bits per heavy atom. The van der Waals surface area contributed by atoms with Crippen LogP contribution in [0.4, 0.5) is 22.1 Å². The number of hydrogen-bond acceptors (Lipinski definition) is 5. The van der Waals surface area contributed by atoms with Gasteiger partial charge >= 0.3 is 6.09 Å². The Bertz CT molecular complexity index is 642. The van der Waals surface area contributed by atoms with Gasteiger partial charge in [-0.25, -0.2) is 4.79 Å². The summed E-state index contributed by atoms with van der Waals surface area (Å²) < 4.78 is 4.79. The van der Waals surface area contributed by atoms with Crippen LogP contribution in [0.1, 0.15) is 12.5 Å². The summed E-state index contributed by atoms with van der Waals surface area (Å²) >= 11 is 0. The highest BCUT2D eigenvalue weighted by Crippen LogP contribution is 2.32. The molecule has 1 amide bonds. The van der Waals surface area contributed by atoms with Gasteiger partial charge in [0.2, 0.25) is 0 Å². The molecule has 0 atom stereocenters. The number of anilines is 3. The lowest BCUT2D eigenvalue weighted by Gasteiger charge is -2.17. The Balaban J connectivity index is 1.75. The second-order valence-electron chi connectivity index (χ2n) is 4.65. The number of carbonyl (C=O) groups is 1. The third-order valence-corrected chi connectivity index (χ3v) is 3.32. The Morgan fingerprint density at radius 2 is 2.14 bits per heavy atom. The Hall–Kier alpha value is -2.63. The van der Waals surface area contributed by atoms with Crippen LogP contribution in [0, 0.1) is 0 Å². The molecule has 0 radical (unpaired) electrons. The molecule has 2 aromatic rings. The number of nitrogens with zero attached hydrogens (tertiary/aromatic N) is 3. The molecule has 0 saturated heterocycles. The van der Waals surface area contributed by atoms with E-state index in [2.05, 4.69) is 32.5 Å². The Kier molecular flexibility index (Phi) is 3.68. The molecule has 2 heterocycles. The van der Waals surface area contributed by atoms with Crippen LogP contribution in [-0.4, -0.2) is 29.4 Å². The van der Waals surface area contributed by atoms with Crippen LogP contribution in [0.5, 0.6) is 0 Å². The van der Waals surface area contributed by atoms with E-state index in [1.807, 2.05) is 18.2 Å². The van der Waals surface area contributed by atoms with Crippen molar-refractivity contribution in [3.63, 3.8) is 0 Å². The zero-order valence-electron chi connectivity index (χ0n) is 11.7. The maximum Gasteiger partial charge on any atom is 0.412 e. The first-order chi connectivity index (χ1) is 10.3. The van der Waals surface area contributed by atoms with Crippen LogP contribution in [-0.2, 0) is 11.2 Å². The number of hydrogen-bond donors (Lipinski definition) is 1. The molecule has 6 nitrogen and oxygen atoms in total. The van der Waals surface area contributed by atoms with Gasteiger partial charge in [-0.05, 0) is 37.1 Å². The van der Waals surface area contributed by atoms with Gasteiger partial charge in [-0.2, -0.15) is 0 Å². The van der Waals surface area contributed by atoms with E-state index in [1.54, 1.807) is 13.0 Å². The van der Waals surface area contributed by atoms with Crippen LogP contribution in [0.3, 0.4) is 0 Å². The summed E-state index contributed by atoms with van der Waals surface area (Å²) in [5.41, 5.74) is 2.48. The van der Waals surface area contributed by atoms with Crippen LogP contribution >= 0.6 is 0 Å². The summed E-state index contributed by atoms with van der Waals surface area (Å²) in [7, 11) is 0. The van der Waals surface area contributed by atoms with E-state index >= 15 is 0 Å². The van der Waals surface area contributed by atoms with E-state index in [9.17, 15) is 4.79 Å². The standard InChI is InChI=1S/C15H16N4O2/c1-2-21-15(20)16-13-7-8-14(18-17-13)19-10-9-11-5-3-4-6-12(11)19/h3-8H,2,9-10H2,1H3,(H,16,17,20). The van der Waals surface area contributed by atoms with E-state index < -0.39 is 6.09 Å². The van der Waals surface area contributed by atoms with Gasteiger partial charge in [0.15, 0.2) is 11.6 Å². The van der Waals surface area contributed by atoms with Gasteiger partial charge < -0.3 is 9.64 Å². The topological polar surface area (TPSA) is 67.3 Å². The molecular formula is C15H16N4O2. The van der Waals surface area contributed by atoms with Crippen molar-refractivity contribution in [2.45, 2.75) is 13.3 Å². The molecule has 6 heteroatoms. The molecule has 3 rings (SSSR count). The molecule has 1 aliphatic heterocycles. The van der Waals surface area contributed by atoms with E-state index in [0.29, 0.717) is 12.4 Å². The molecule has 1 aliphatic rings. The number of nitrogens with one attached hydrogen (secondary N) is 1. The Morgan fingerprint density at radius 1 is 1.29 bits per heavy atom. The molecule has 0 bridgehead atoms. The summed E-state index contributed by atoms with van der Waals surface area (Å²) in [6, 6.07) is 11.8. The monoisotopic (exact) mass is 284 g/mol. The summed E-state index contributed by atoms with van der Waals surface area (Å²) in [5, 5.41) is 10.7. The summed E-state index contributed by atoms with van der Waals surface area (Å²) in [6.45, 7) is 2.96. The predicted molar refractivity (Wildman–Crippen MR) is 79.8 cm³/mol. The minimum absolute atomic E-state index is 0.321. The lowest BCUT2D eigenvalue weighted by atomic mass is 10.2. The first kappa shape index (κ1) is 13.4. The second-order valence-corrected chi connectivity index (χ2v) is 4.65. The maximum absolute atomic E-state index is 11.3. The summed E-state index contributed by atoms with van der Waals surface area (Å²) in [6.07, 6.45) is 0.479. The van der Waals surface area contributed by atoms with Crippen LogP contribution in [0.15, 0.2) is 36.4 Å². The predicted octanol–water partition coefficient (Wildman–Crippen LogP) is 2.74. The van der Waals surface area contributed by atoms with Gasteiger partial charge in [0.1, 0.15) is 0 Å². The smallest absolute Gasteiger partial charge is 0.412 e. The highest BCUT2D eigenvalue weighted by Gasteiger charge is 2.20. The van der Waals surface area contributed by atoms with Crippen molar-refractivity contribution in [3.8, 4) is 0 Å². The van der Waals surface area contributed by atoms with Crippen molar-refractivity contribution >= 4 is 23.4 Å². The second kappa shape index (κ2) is 5.78. The lowest BCUT2D eigenvalue weighted by Crippen LogP contribution is -2.17. The molecule has 1 aromatic carbocycles. The molecule has 21 heavy (non-hydrogen) atoms. The van der Waals surface area contributed by atoms with E-state index in [4.69, 9.17) is 4.74 Å². The fourth-order valence-corrected chi connectivity index (χ4v) is 2.38. The third-order valence-electron chi connectivity index (χ3n) is 3.32. The van der Waals surface area contributed by atoms with Crippen molar-refractivity contribution in [2.75, 3.05) is 23.4 Å². The number of carbonyl (C=O) groups excluding carboxylic acids is 1. The van der Waals surface area contributed by atoms with Crippen molar-refractivity contribution in [2.24, 2.45) is 0 Å². The number of ether oxygens (including phenoxy) is 1. The van der Waals surface area contributed by atoms with E-state index in [0.717, 1.165) is 24.5 Å². The zero-order valence-corrected chi connectivity index (χ0v) is 11.7. The van der Waals surface area contributed by atoms with Crippen molar-refractivity contribution < 1.29 is 9.53 Å². The van der Waals surface area contributed by atoms with Crippen LogP contribution in [0.25, 0.3) is 0 Å². The fraction of sp³-hybridized carbons (Fsp3) is 0.267.